The predicted molar refractivity (Wildman–Crippen MR) is 88.7 cm³/mol. The zero-order valence-corrected chi connectivity index (χ0v) is 13.8. The van der Waals surface area contributed by atoms with Gasteiger partial charge in [0, 0.05) is 18.3 Å². The van der Waals surface area contributed by atoms with Gasteiger partial charge in [-0.3, -0.25) is 0 Å². The summed E-state index contributed by atoms with van der Waals surface area (Å²) >= 11 is 0. The van der Waals surface area contributed by atoms with Crippen LogP contribution in [0.15, 0.2) is 6.20 Å². The number of nitrogens with zero attached hydrogens (tertiary/aromatic N) is 2. The Morgan fingerprint density at radius 3 is 2.52 bits per heavy atom. The van der Waals surface area contributed by atoms with E-state index in [4.69, 9.17) is 4.98 Å². The van der Waals surface area contributed by atoms with Crippen LogP contribution in [0, 0.1) is 12.8 Å². The summed E-state index contributed by atoms with van der Waals surface area (Å²) in [6.07, 6.45) is 15.9. The first-order valence-electron chi connectivity index (χ1n) is 9.08. The van der Waals surface area contributed by atoms with Gasteiger partial charge in [0.25, 0.3) is 0 Å². The van der Waals surface area contributed by atoms with E-state index in [1.165, 1.54) is 64.2 Å². The predicted octanol–water partition coefficient (Wildman–Crippen LogP) is 5.08. The number of aryl methyl sites for hydroxylation is 1. The van der Waals surface area contributed by atoms with Crippen molar-refractivity contribution in [2.24, 2.45) is 5.92 Å². The van der Waals surface area contributed by atoms with E-state index in [9.17, 15) is 0 Å². The molecule has 118 valence electrons. The highest BCUT2D eigenvalue weighted by Crippen LogP contribution is 2.36. The van der Waals surface area contributed by atoms with Gasteiger partial charge in [0.2, 0.25) is 5.95 Å². The molecule has 21 heavy (non-hydrogen) atoms. The van der Waals surface area contributed by atoms with Crippen molar-refractivity contribution in [3.05, 3.63) is 11.9 Å². The standard InChI is InChI=1S/C18H31N3/c1-3-6-15-9-11-17(12-10-15)21-13-14(2)19-18(21)20-16-7-4-5-8-16/h13,15-17H,3-12H2,1-2H3,(H,19,20). The van der Waals surface area contributed by atoms with Gasteiger partial charge in [0.1, 0.15) is 0 Å². The summed E-state index contributed by atoms with van der Waals surface area (Å²) in [5, 5.41) is 3.72. The van der Waals surface area contributed by atoms with Crippen LogP contribution in [0.25, 0.3) is 0 Å². The minimum absolute atomic E-state index is 0.655. The molecule has 3 rings (SSSR count). The van der Waals surface area contributed by atoms with Crippen molar-refractivity contribution in [3.8, 4) is 0 Å². The van der Waals surface area contributed by atoms with E-state index in [0.29, 0.717) is 12.1 Å². The van der Waals surface area contributed by atoms with Crippen molar-refractivity contribution in [1.29, 1.82) is 0 Å². The van der Waals surface area contributed by atoms with Crippen molar-refractivity contribution in [2.75, 3.05) is 5.32 Å². The van der Waals surface area contributed by atoms with Crippen LogP contribution < -0.4 is 5.32 Å². The van der Waals surface area contributed by atoms with Crippen LogP contribution in [0.3, 0.4) is 0 Å². The van der Waals surface area contributed by atoms with Gasteiger partial charge >= 0.3 is 0 Å². The molecule has 2 fully saturated rings. The number of anilines is 1. The molecule has 3 nitrogen and oxygen atoms in total. The summed E-state index contributed by atoms with van der Waals surface area (Å²) in [5.74, 6) is 2.11. The Morgan fingerprint density at radius 1 is 1.14 bits per heavy atom. The molecule has 1 aromatic rings. The van der Waals surface area contributed by atoms with E-state index in [-0.39, 0.29) is 0 Å². The third kappa shape index (κ3) is 3.61. The third-order valence-electron chi connectivity index (χ3n) is 5.45. The molecule has 0 unspecified atom stereocenters. The van der Waals surface area contributed by atoms with E-state index in [1.807, 2.05) is 0 Å². The topological polar surface area (TPSA) is 29.9 Å². The molecule has 0 spiro atoms. The first kappa shape index (κ1) is 14.9. The fourth-order valence-corrected chi connectivity index (χ4v) is 4.27. The fraction of sp³-hybridized carbons (Fsp3) is 0.833. The molecule has 2 aliphatic carbocycles. The van der Waals surface area contributed by atoms with Crippen molar-refractivity contribution in [1.82, 2.24) is 9.55 Å². The lowest BCUT2D eigenvalue weighted by atomic mass is 9.83. The van der Waals surface area contributed by atoms with E-state index in [1.54, 1.807) is 0 Å². The van der Waals surface area contributed by atoms with Crippen molar-refractivity contribution < 1.29 is 0 Å². The van der Waals surface area contributed by atoms with Gasteiger partial charge in [-0.05, 0) is 51.4 Å². The van der Waals surface area contributed by atoms with Gasteiger partial charge in [0.15, 0.2) is 0 Å². The molecule has 0 amide bonds. The lowest BCUT2D eigenvalue weighted by Gasteiger charge is -2.30. The van der Waals surface area contributed by atoms with Crippen LogP contribution in [0.1, 0.15) is 82.9 Å². The Labute approximate surface area is 129 Å². The Morgan fingerprint density at radius 2 is 1.86 bits per heavy atom. The monoisotopic (exact) mass is 289 g/mol. The van der Waals surface area contributed by atoms with Gasteiger partial charge < -0.3 is 9.88 Å². The Bertz CT molecular complexity index is 437. The maximum atomic E-state index is 4.76. The number of aromatic nitrogens is 2. The van der Waals surface area contributed by atoms with Crippen molar-refractivity contribution in [3.63, 3.8) is 0 Å². The summed E-state index contributed by atoms with van der Waals surface area (Å²) in [6.45, 7) is 4.44. The minimum atomic E-state index is 0.655. The van der Waals surface area contributed by atoms with Crippen LogP contribution in [-0.4, -0.2) is 15.6 Å². The molecule has 2 aliphatic rings. The summed E-state index contributed by atoms with van der Waals surface area (Å²) < 4.78 is 2.45. The summed E-state index contributed by atoms with van der Waals surface area (Å²) in [5.41, 5.74) is 1.16. The molecule has 0 saturated heterocycles. The van der Waals surface area contributed by atoms with Gasteiger partial charge in [-0.25, -0.2) is 4.98 Å². The van der Waals surface area contributed by atoms with Gasteiger partial charge in [-0.15, -0.1) is 0 Å². The van der Waals surface area contributed by atoms with Crippen LogP contribution in [0.2, 0.25) is 0 Å². The van der Waals surface area contributed by atoms with E-state index < -0.39 is 0 Å². The molecule has 0 radical (unpaired) electrons. The molecule has 1 aromatic heterocycles. The Kier molecular flexibility index (Phi) is 4.87. The second-order valence-electron chi connectivity index (χ2n) is 7.20. The Balaban J connectivity index is 1.64. The van der Waals surface area contributed by atoms with Crippen LogP contribution in [0.5, 0.6) is 0 Å². The largest absolute Gasteiger partial charge is 0.353 e. The zero-order valence-electron chi connectivity index (χ0n) is 13.8. The molecular formula is C18H31N3. The molecule has 1 heterocycles. The maximum absolute atomic E-state index is 4.76. The fourth-order valence-electron chi connectivity index (χ4n) is 4.27. The third-order valence-corrected chi connectivity index (χ3v) is 5.45. The van der Waals surface area contributed by atoms with Crippen LogP contribution >= 0.6 is 0 Å². The average molecular weight is 289 g/mol. The number of imidazole rings is 1. The molecule has 0 aromatic carbocycles. The number of hydrogen-bond donors (Lipinski definition) is 1. The first-order chi connectivity index (χ1) is 10.3. The minimum Gasteiger partial charge on any atom is -0.353 e. The summed E-state index contributed by atoms with van der Waals surface area (Å²) in [7, 11) is 0. The molecule has 0 aliphatic heterocycles. The van der Waals surface area contributed by atoms with Crippen molar-refractivity contribution >= 4 is 5.95 Å². The van der Waals surface area contributed by atoms with Gasteiger partial charge in [-0.2, -0.15) is 0 Å². The highest BCUT2D eigenvalue weighted by molar-refractivity contribution is 5.31. The Hall–Kier alpha value is -0.990. The summed E-state index contributed by atoms with van der Waals surface area (Å²) in [6, 6.07) is 1.32. The quantitative estimate of drug-likeness (QED) is 0.819. The molecule has 2 saturated carbocycles. The average Bonchev–Trinajstić information content (AvgIpc) is 3.10. The van der Waals surface area contributed by atoms with Crippen LogP contribution in [-0.2, 0) is 0 Å². The first-order valence-corrected chi connectivity index (χ1v) is 9.08. The maximum Gasteiger partial charge on any atom is 0.203 e. The SMILES string of the molecule is CCCC1CCC(n2cc(C)nc2NC2CCCC2)CC1. The lowest BCUT2D eigenvalue weighted by Crippen LogP contribution is -2.22. The smallest absolute Gasteiger partial charge is 0.203 e. The van der Waals surface area contributed by atoms with Gasteiger partial charge in [-0.1, -0.05) is 32.6 Å². The van der Waals surface area contributed by atoms with E-state index >= 15 is 0 Å². The molecular weight excluding hydrogens is 258 g/mol. The highest BCUT2D eigenvalue weighted by atomic mass is 15.2. The number of nitrogens with one attached hydrogen (secondary N) is 1. The lowest BCUT2D eigenvalue weighted by molar-refractivity contribution is 0.264. The molecule has 1 N–H and O–H groups in total. The molecule has 0 bridgehead atoms. The van der Waals surface area contributed by atoms with E-state index in [0.717, 1.165) is 17.6 Å². The second-order valence-corrected chi connectivity index (χ2v) is 7.20. The number of rotatable bonds is 5. The number of hydrogen-bond acceptors (Lipinski definition) is 2. The molecule has 3 heteroatoms. The zero-order chi connectivity index (χ0) is 14.7. The summed E-state index contributed by atoms with van der Waals surface area (Å²) in [4.78, 5) is 4.76. The normalized spacial score (nSPS) is 27.1. The van der Waals surface area contributed by atoms with Crippen molar-refractivity contribution in [2.45, 2.75) is 90.1 Å². The highest BCUT2D eigenvalue weighted by Gasteiger charge is 2.25. The van der Waals surface area contributed by atoms with Gasteiger partial charge in [0.05, 0.1) is 5.69 Å². The second kappa shape index (κ2) is 6.85. The van der Waals surface area contributed by atoms with E-state index in [2.05, 4.69) is 29.9 Å². The molecule has 0 atom stereocenters. The van der Waals surface area contributed by atoms with Crippen LogP contribution in [0.4, 0.5) is 5.95 Å².